The van der Waals surface area contributed by atoms with Crippen molar-refractivity contribution in [2.24, 2.45) is 13.0 Å². The summed E-state index contributed by atoms with van der Waals surface area (Å²) in [6.07, 6.45) is 4.25. The molecule has 1 aromatic heterocycles. The Morgan fingerprint density at radius 1 is 1.33 bits per heavy atom. The standard InChI is InChI=1S/C18H23N3O3/c1-20-12-16(11-19-20)17(22)15-7-9-21(10-8-15)18(23)24-13-14-5-3-2-4-6-14/h2-6,11-12,15,17,22H,7-10,13H2,1H3. The lowest BCUT2D eigenvalue weighted by Gasteiger charge is -2.33. The lowest BCUT2D eigenvalue weighted by molar-refractivity contribution is 0.0449. The molecule has 3 rings (SSSR count). The molecule has 1 atom stereocenters. The normalized spacial score (nSPS) is 16.8. The summed E-state index contributed by atoms with van der Waals surface area (Å²) in [7, 11) is 1.83. The minimum atomic E-state index is -0.527. The molecule has 1 aliphatic rings. The number of aliphatic hydroxyl groups is 1. The molecule has 1 N–H and O–H groups in total. The first-order chi connectivity index (χ1) is 11.6. The molecule has 0 aliphatic carbocycles. The molecule has 0 saturated carbocycles. The van der Waals surface area contributed by atoms with Crippen molar-refractivity contribution < 1.29 is 14.6 Å². The van der Waals surface area contributed by atoms with Crippen LogP contribution in [0.25, 0.3) is 0 Å². The van der Waals surface area contributed by atoms with Gasteiger partial charge in [0, 0.05) is 31.9 Å². The summed E-state index contributed by atoms with van der Waals surface area (Å²) >= 11 is 0. The van der Waals surface area contributed by atoms with E-state index in [9.17, 15) is 9.90 Å². The topological polar surface area (TPSA) is 67.6 Å². The van der Waals surface area contributed by atoms with Gasteiger partial charge in [0.05, 0.1) is 12.3 Å². The Hall–Kier alpha value is -2.34. The maximum absolute atomic E-state index is 12.1. The summed E-state index contributed by atoms with van der Waals surface area (Å²) in [5, 5.41) is 14.5. The van der Waals surface area contributed by atoms with Crippen molar-refractivity contribution in [2.45, 2.75) is 25.6 Å². The predicted molar refractivity (Wildman–Crippen MR) is 89.1 cm³/mol. The van der Waals surface area contributed by atoms with E-state index in [1.807, 2.05) is 43.6 Å². The van der Waals surface area contributed by atoms with Gasteiger partial charge in [-0.2, -0.15) is 5.10 Å². The third kappa shape index (κ3) is 3.94. The van der Waals surface area contributed by atoms with Crippen molar-refractivity contribution in [3.05, 3.63) is 53.9 Å². The van der Waals surface area contributed by atoms with E-state index in [1.54, 1.807) is 15.8 Å². The van der Waals surface area contributed by atoms with Gasteiger partial charge >= 0.3 is 6.09 Å². The lowest BCUT2D eigenvalue weighted by atomic mass is 9.89. The Kier molecular flexibility index (Phi) is 5.15. The SMILES string of the molecule is Cn1cc(C(O)C2CCN(C(=O)OCc3ccccc3)CC2)cn1. The zero-order valence-corrected chi connectivity index (χ0v) is 13.8. The van der Waals surface area contributed by atoms with Crippen LogP contribution in [0.5, 0.6) is 0 Å². The van der Waals surface area contributed by atoms with Gasteiger partial charge in [-0.15, -0.1) is 0 Å². The van der Waals surface area contributed by atoms with E-state index in [1.165, 1.54) is 0 Å². The molecular weight excluding hydrogens is 306 g/mol. The summed E-state index contributed by atoms with van der Waals surface area (Å²) in [4.78, 5) is 13.9. The number of piperidine rings is 1. The molecule has 0 spiro atoms. The van der Waals surface area contributed by atoms with Crippen molar-refractivity contribution in [1.82, 2.24) is 14.7 Å². The summed E-state index contributed by atoms with van der Waals surface area (Å²) in [5.74, 6) is 0.146. The second-order valence-corrected chi connectivity index (χ2v) is 6.26. The third-order valence-electron chi connectivity index (χ3n) is 4.52. The van der Waals surface area contributed by atoms with Crippen molar-refractivity contribution >= 4 is 6.09 Å². The van der Waals surface area contributed by atoms with Gasteiger partial charge in [0.25, 0.3) is 0 Å². The number of hydrogen-bond donors (Lipinski definition) is 1. The number of rotatable bonds is 4. The molecule has 2 heterocycles. The molecule has 1 unspecified atom stereocenters. The van der Waals surface area contributed by atoms with Crippen LogP contribution < -0.4 is 0 Å². The minimum Gasteiger partial charge on any atom is -0.445 e. The fraction of sp³-hybridized carbons (Fsp3) is 0.444. The zero-order valence-electron chi connectivity index (χ0n) is 13.8. The predicted octanol–water partition coefficient (Wildman–Crippen LogP) is 2.50. The molecule has 2 aromatic rings. The average molecular weight is 329 g/mol. The van der Waals surface area contributed by atoms with E-state index in [2.05, 4.69) is 5.10 Å². The van der Waals surface area contributed by atoms with Gasteiger partial charge in [0.15, 0.2) is 0 Å². The summed E-state index contributed by atoms with van der Waals surface area (Å²) in [5.41, 5.74) is 1.82. The van der Waals surface area contributed by atoms with Crippen molar-refractivity contribution in [3.63, 3.8) is 0 Å². The second-order valence-electron chi connectivity index (χ2n) is 6.26. The largest absolute Gasteiger partial charge is 0.445 e. The Morgan fingerprint density at radius 2 is 2.04 bits per heavy atom. The van der Waals surface area contributed by atoms with Crippen LogP contribution in [-0.2, 0) is 18.4 Å². The molecule has 1 amide bonds. The summed E-state index contributed by atoms with van der Waals surface area (Å²) in [6.45, 7) is 1.50. The van der Waals surface area contributed by atoms with E-state index >= 15 is 0 Å². The van der Waals surface area contributed by atoms with Gasteiger partial charge in [-0.25, -0.2) is 4.79 Å². The Bertz CT molecular complexity index is 663. The van der Waals surface area contributed by atoms with Crippen LogP contribution in [0.15, 0.2) is 42.7 Å². The second kappa shape index (κ2) is 7.49. The fourth-order valence-corrected chi connectivity index (χ4v) is 3.07. The smallest absolute Gasteiger partial charge is 0.410 e. The monoisotopic (exact) mass is 329 g/mol. The number of amides is 1. The number of likely N-dealkylation sites (tertiary alicyclic amines) is 1. The molecule has 1 aromatic carbocycles. The fourth-order valence-electron chi connectivity index (χ4n) is 3.07. The van der Waals surface area contributed by atoms with E-state index in [-0.39, 0.29) is 18.6 Å². The van der Waals surface area contributed by atoms with Crippen LogP contribution in [0.3, 0.4) is 0 Å². The number of ether oxygens (including phenoxy) is 1. The first-order valence-corrected chi connectivity index (χ1v) is 8.25. The molecule has 1 fully saturated rings. The quantitative estimate of drug-likeness (QED) is 0.936. The summed E-state index contributed by atoms with van der Waals surface area (Å²) in [6, 6.07) is 9.65. The number of hydrogen-bond acceptors (Lipinski definition) is 4. The molecule has 6 nitrogen and oxygen atoms in total. The van der Waals surface area contributed by atoms with Crippen LogP contribution in [0.1, 0.15) is 30.1 Å². The van der Waals surface area contributed by atoms with Crippen LogP contribution in [-0.4, -0.2) is 39.0 Å². The molecule has 1 saturated heterocycles. The number of carbonyl (C=O) groups excluding carboxylic acids is 1. The van der Waals surface area contributed by atoms with Gasteiger partial charge in [-0.05, 0) is 24.3 Å². The molecule has 6 heteroatoms. The lowest BCUT2D eigenvalue weighted by Crippen LogP contribution is -2.40. The van der Waals surface area contributed by atoms with Gasteiger partial charge in [-0.1, -0.05) is 30.3 Å². The van der Waals surface area contributed by atoms with E-state index < -0.39 is 6.10 Å². The van der Waals surface area contributed by atoms with Gasteiger partial charge in [0.1, 0.15) is 6.61 Å². The Morgan fingerprint density at radius 3 is 2.67 bits per heavy atom. The highest BCUT2D eigenvalue weighted by Crippen LogP contribution is 2.30. The Labute approximate surface area is 141 Å². The highest BCUT2D eigenvalue weighted by Gasteiger charge is 2.29. The number of aryl methyl sites for hydroxylation is 1. The third-order valence-corrected chi connectivity index (χ3v) is 4.52. The van der Waals surface area contributed by atoms with Crippen molar-refractivity contribution in [1.29, 1.82) is 0 Å². The van der Waals surface area contributed by atoms with Crippen molar-refractivity contribution in [2.75, 3.05) is 13.1 Å². The highest BCUT2D eigenvalue weighted by atomic mass is 16.6. The van der Waals surface area contributed by atoms with E-state index in [0.717, 1.165) is 24.0 Å². The maximum Gasteiger partial charge on any atom is 0.410 e. The number of benzene rings is 1. The first-order valence-electron chi connectivity index (χ1n) is 8.25. The van der Waals surface area contributed by atoms with E-state index in [0.29, 0.717) is 13.1 Å². The maximum atomic E-state index is 12.1. The Balaban J connectivity index is 1.47. The van der Waals surface area contributed by atoms with Crippen LogP contribution in [0.4, 0.5) is 4.79 Å². The molecule has 0 bridgehead atoms. The molecular formula is C18H23N3O3. The zero-order chi connectivity index (χ0) is 16.9. The molecule has 1 aliphatic heterocycles. The highest BCUT2D eigenvalue weighted by molar-refractivity contribution is 5.67. The average Bonchev–Trinajstić information content (AvgIpc) is 3.06. The number of nitrogens with zero attached hydrogens (tertiary/aromatic N) is 3. The number of aliphatic hydroxyl groups excluding tert-OH is 1. The minimum absolute atomic E-state index is 0.146. The van der Waals surface area contributed by atoms with Crippen LogP contribution in [0.2, 0.25) is 0 Å². The number of aromatic nitrogens is 2. The summed E-state index contributed by atoms with van der Waals surface area (Å²) < 4.78 is 7.05. The molecule has 128 valence electrons. The van der Waals surface area contributed by atoms with Gasteiger partial charge < -0.3 is 14.7 Å². The van der Waals surface area contributed by atoms with E-state index in [4.69, 9.17) is 4.74 Å². The number of carbonyl (C=O) groups is 1. The van der Waals surface area contributed by atoms with Crippen LogP contribution >= 0.6 is 0 Å². The van der Waals surface area contributed by atoms with Crippen LogP contribution in [0, 0.1) is 5.92 Å². The van der Waals surface area contributed by atoms with Gasteiger partial charge in [-0.3, -0.25) is 4.68 Å². The molecule has 24 heavy (non-hydrogen) atoms. The van der Waals surface area contributed by atoms with Crippen molar-refractivity contribution in [3.8, 4) is 0 Å². The van der Waals surface area contributed by atoms with Gasteiger partial charge in [0.2, 0.25) is 0 Å². The molecule has 0 radical (unpaired) electrons. The first kappa shape index (κ1) is 16.5.